The molecule has 0 spiro atoms. The van der Waals surface area contributed by atoms with Crippen LogP contribution in [0, 0.1) is 0 Å². The smallest absolute Gasteiger partial charge is 0.336 e. The van der Waals surface area contributed by atoms with Gasteiger partial charge in [-0.3, -0.25) is 9.69 Å². The van der Waals surface area contributed by atoms with Gasteiger partial charge in [-0.25, -0.2) is 4.98 Å². The molecule has 1 saturated heterocycles. The Balaban J connectivity index is 1.37. The maximum atomic E-state index is 13.2. The molecule has 0 atom stereocenters. The zero-order valence-corrected chi connectivity index (χ0v) is 18.0. The number of aromatic nitrogens is 1. The van der Waals surface area contributed by atoms with E-state index in [1.807, 2.05) is 29.6 Å². The van der Waals surface area contributed by atoms with Gasteiger partial charge in [0, 0.05) is 42.1 Å². The predicted molar refractivity (Wildman–Crippen MR) is 115 cm³/mol. The van der Waals surface area contributed by atoms with Crippen LogP contribution in [-0.2, 0) is 12.7 Å². The van der Waals surface area contributed by atoms with E-state index in [-0.39, 0.29) is 5.56 Å². The standard InChI is InChI=1S/C22H19ClF3N3OS/c23-16-7-5-15(6-8-16)19-14-31-20(27-19)13-28-9-11-29(12-10-28)21(30)17-3-1-2-4-18(17)22(24,25)26/h1-8,14H,9-13H2. The van der Waals surface area contributed by atoms with Gasteiger partial charge < -0.3 is 4.90 Å². The molecule has 162 valence electrons. The average molecular weight is 466 g/mol. The lowest BCUT2D eigenvalue weighted by molar-refractivity contribution is -0.138. The number of hydrogen-bond acceptors (Lipinski definition) is 4. The first-order valence-electron chi connectivity index (χ1n) is 9.69. The highest BCUT2D eigenvalue weighted by Gasteiger charge is 2.36. The van der Waals surface area contributed by atoms with E-state index in [0.29, 0.717) is 37.7 Å². The third-order valence-electron chi connectivity index (χ3n) is 5.17. The molecule has 1 amide bonds. The second-order valence-corrected chi connectivity index (χ2v) is 8.62. The number of alkyl halides is 3. The van der Waals surface area contributed by atoms with Crippen LogP contribution in [-0.4, -0.2) is 46.9 Å². The molecule has 0 bridgehead atoms. The lowest BCUT2D eigenvalue weighted by atomic mass is 10.1. The van der Waals surface area contributed by atoms with Crippen molar-refractivity contribution in [3.8, 4) is 11.3 Å². The molecule has 1 aromatic heterocycles. The van der Waals surface area contributed by atoms with E-state index in [9.17, 15) is 18.0 Å². The van der Waals surface area contributed by atoms with Crippen molar-refractivity contribution in [1.82, 2.24) is 14.8 Å². The zero-order chi connectivity index (χ0) is 22.0. The summed E-state index contributed by atoms with van der Waals surface area (Å²) in [6.07, 6.45) is -4.55. The second-order valence-electron chi connectivity index (χ2n) is 7.25. The van der Waals surface area contributed by atoms with Gasteiger partial charge in [-0.1, -0.05) is 35.9 Å². The molecule has 0 radical (unpaired) electrons. The monoisotopic (exact) mass is 465 g/mol. The van der Waals surface area contributed by atoms with E-state index in [0.717, 1.165) is 22.3 Å². The van der Waals surface area contributed by atoms with Crippen molar-refractivity contribution in [1.29, 1.82) is 0 Å². The molecule has 2 aromatic carbocycles. The predicted octanol–water partition coefficient (Wildman–Crippen LogP) is 5.44. The Kier molecular flexibility index (Phi) is 6.31. The number of piperazine rings is 1. The number of nitrogens with zero attached hydrogens (tertiary/aromatic N) is 3. The van der Waals surface area contributed by atoms with Crippen molar-refractivity contribution in [2.75, 3.05) is 26.2 Å². The van der Waals surface area contributed by atoms with Crippen molar-refractivity contribution in [3.05, 3.63) is 75.1 Å². The summed E-state index contributed by atoms with van der Waals surface area (Å²) in [4.78, 5) is 21.0. The number of hydrogen-bond donors (Lipinski definition) is 0. The zero-order valence-electron chi connectivity index (χ0n) is 16.4. The third-order valence-corrected chi connectivity index (χ3v) is 6.26. The SMILES string of the molecule is O=C(c1ccccc1C(F)(F)F)N1CCN(Cc2nc(-c3ccc(Cl)cc3)cs2)CC1. The largest absolute Gasteiger partial charge is 0.417 e. The highest BCUT2D eigenvalue weighted by Crippen LogP contribution is 2.32. The van der Waals surface area contributed by atoms with E-state index in [1.165, 1.54) is 23.1 Å². The third kappa shape index (κ3) is 5.08. The summed E-state index contributed by atoms with van der Waals surface area (Å²) >= 11 is 7.49. The Morgan fingerprint density at radius 3 is 2.39 bits per heavy atom. The van der Waals surface area contributed by atoms with E-state index in [2.05, 4.69) is 9.88 Å². The Hall–Kier alpha value is -2.42. The highest BCUT2D eigenvalue weighted by atomic mass is 35.5. The fourth-order valence-corrected chi connectivity index (χ4v) is 4.49. The Labute approximate surface area is 186 Å². The van der Waals surface area contributed by atoms with E-state index >= 15 is 0 Å². The summed E-state index contributed by atoms with van der Waals surface area (Å²) in [5.74, 6) is -0.577. The first-order chi connectivity index (χ1) is 14.8. The number of halogens is 4. The van der Waals surface area contributed by atoms with E-state index < -0.39 is 17.6 Å². The van der Waals surface area contributed by atoms with Crippen LogP contribution in [0.4, 0.5) is 13.2 Å². The van der Waals surface area contributed by atoms with Crippen LogP contribution in [0.3, 0.4) is 0 Å². The van der Waals surface area contributed by atoms with Crippen molar-refractivity contribution in [2.24, 2.45) is 0 Å². The number of amides is 1. The molecule has 0 aliphatic carbocycles. The molecular weight excluding hydrogens is 447 g/mol. The Bertz CT molecular complexity index is 1060. The van der Waals surface area contributed by atoms with Gasteiger partial charge in [0.25, 0.3) is 5.91 Å². The molecule has 31 heavy (non-hydrogen) atoms. The maximum absolute atomic E-state index is 13.2. The summed E-state index contributed by atoms with van der Waals surface area (Å²) in [5.41, 5.74) is 0.691. The fourth-order valence-electron chi connectivity index (χ4n) is 3.52. The summed E-state index contributed by atoms with van der Waals surface area (Å²) in [6, 6.07) is 12.4. The van der Waals surface area contributed by atoms with Crippen LogP contribution < -0.4 is 0 Å². The molecular formula is C22H19ClF3N3OS. The van der Waals surface area contributed by atoms with Crippen LogP contribution in [0.2, 0.25) is 5.02 Å². The molecule has 1 aliphatic rings. The molecule has 4 nitrogen and oxygen atoms in total. The lowest BCUT2D eigenvalue weighted by Gasteiger charge is -2.34. The first kappa shape index (κ1) is 21.8. The molecule has 1 fully saturated rings. The van der Waals surface area contributed by atoms with Crippen molar-refractivity contribution in [3.63, 3.8) is 0 Å². The summed E-state index contributed by atoms with van der Waals surface area (Å²) in [7, 11) is 0. The van der Waals surface area contributed by atoms with Crippen molar-refractivity contribution < 1.29 is 18.0 Å². The van der Waals surface area contributed by atoms with Crippen LogP contribution in [0.25, 0.3) is 11.3 Å². The van der Waals surface area contributed by atoms with Crippen LogP contribution in [0.5, 0.6) is 0 Å². The Morgan fingerprint density at radius 2 is 1.71 bits per heavy atom. The maximum Gasteiger partial charge on any atom is 0.417 e. The summed E-state index contributed by atoms with van der Waals surface area (Å²) in [5, 5.41) is 3.61. The first-order valence-corrected chi connectivity index (χ1v) is 11.0. The minimum Gasteiger partial charge on any atom is -0.336 e. The number of rotatable bonds is 4. The van der Waals surface area contributed by atoms with Crippen LogP contribution >= 0.6 is 22.9 Å². The molecule has 0 unspecified atom stereocenters. The summed E-state index contributed by atoms with van der Waals surface area (Å²) < 4.78 is 39.7. The van der Waals surface area contributed by atoms with Gasteiger partial charge in [-0.2, -0.15) is 13.2 Å². The van der Waals surface area contributed by atoms with E-state index in [1.54, 1.807) is 11.3 Å². The van der Waals surface area contributed by atoms with Crippen molar-refractivity contribution in [2.45, 2.75) is 12.7 Å². The minimum atomic E-state index is -4.55. The number of thiazole rings is 1. The van der Waals surface area contributed by atoms with Gasteiger partial charge in [0.2, 0.25) is 0 Å². The number of benzene rings is 2. The molecule has 2 heterocycles. The molecule has 0 saturated carbocycles. The van der Waals surface area contributed by atoms with Crippen LogP contribution in [0.15, 0.2) is 53.9 Å². The summed E-state index contributed by atoms with van der Waals surface area (Å²) in [6.45, 7) is 2.55. The molecule has 1 aliphatic heterocycles. The van der Waals surface area contributed by atoms with Gasteiger partial charge in [-0.15, -0.1) is 11.3 Å². The molecule has 9 heteroatoms. The van der Waals surface area contributed by atoms with E-state index in [4.69, 9.17) is 11.6 Å². The second kappa shape index (κ2) is 8.98. The van der Waals surface area contributed by atoms with Gasteiger partial charge in [0.15, 0.2) is 0 Å². The lowest BCUT2D eigenvalue weighted by Crippen LogP contribution is -2.48. The van der Waals surface area contributed by atoms with Crippen LogP contribution in [0.1, 0.15) is 20.9 Å². The normalized spacial score (nSPS) is 15.3. The molecule has 0 N–H and O–H groups in total. The Morgan fingerprint density at radius 1 is 1.03 bits per heavy atom. The molecule has 4 rings (SSSR count). The fraction of sp³-hybridized carbons (Fsp3) is 0.273. The number of carbonyl (C=O) groups excluding carboxylic acids is 1. The number of carbonyl (C=O) groups is 1. The van der Waals surface area contributed by atoms with Gasteiger partial charge in [-0.05, 0) is 24.3 Å². The van der Waals surface area contributed by atoms with Gasteiger partial charge in [0.05, 0.1) is 23.4 Å². The average Bonchev–Trinajstić information content (AvgIpc) is 3.22. The molecule has 3 aromatic rings. The minimum absolute atomic E-state index is 0.295. The van der Waals surface area contributed by atoms with Gasteiger partial charge >= 0.3 is 6.18 Å². The highest BCUT2D eigenvalue weighted by molar-refractivity contribution is 7.09. The topological polar surface area (TPSA) is 36.4 Å². The van der Waals surface area contributed by atoms with Gasteiger partial charge in [0.1, 0.15) is 5.01 Å². The quantitative estimate of drug-likeness (QED) is 0.514. The van der Waals surface area contributed by atoms with Crippen molar-refractivity contribution >= 4 is 28.8 Å².